The van der Waals surface area contributed by atoms with Crippen molar-refractivity contribution in [1.82, 2.24) is 5.01 Å². The monoisotopic (exact) mass is 373 g/mol. The van der Waals surface area contributed by atoms with E-state index in [1.807, 2.05) is 48.5 Å². The van der Waals surface area contributed by atoms with E-state index in [9.17, 15) is 17.8 Å². The molecule has 0 saturated heterocycles. The highest BCUT2D eigenvalue weighted by Crippen LogP contribution is 2.37. The number of aliphatic imine (C=N–C) groups is 1. The van der Waals surface area contributed by atoms with E-state index in [0.717, 1.165) is 11.8 Å². The van der Waals surface area contributed by atoms with E-state index in [-0.39, 0.29) is 5.84 Å². The molecule has 0 radical (unpaired) electrons. The van der Waals surface area contributed by atoms with Crippen LogP contribution in [0.15, 0.2) is 65.7 Å². The number of hydrogen-bond acceptors (Lipinski definition) is 6. The summed E-state index contributed by atoms with van der Waals surface area (Å²) >= 11 is 0. The third-order valence-electron chi connectivity index (χ3n) is 4.32. The highest BCUT2D eigenvalue weighted by atomic mass is 32.2. The van der Waals surface area contributed by atoms with Crippen molar-refractivity contribution in [1.29, 1.82) is 0 Å². The summed E-state index contributed by atoms with van der Waals surface area (Å²) in [7, 11) is -4.33. The standard InChI is InChI=1S/C18H19N3O4S/c1-18(14-8-4-2-5-9-14)16(12-22)21(17(19-18)13-26(23,24)25)20-15-10-6-3-7-11-15/h2-12,16,20H,13H2,1H3,(H,23,24,25)/t16?,18-/m0/s1. The van der Waals surface area contributed by atoms with Crippen molar-refractivity contribution in [3.05, 3.63) is 66.2 Å². The van der Waals surface area contributed by atoms with Crippen LogP contribution in [0.1, 0.15) is 12.5 Å². The first-order valence-corrected chi connectivity index (χ1v) is 9.60. The van der Waals surface area contributed by atoms with Crippen molar-refractivity contribution in [2.75, 3.05) is 11.2 Å². The van der Waals surface area contributed by atoms with Gasteiger partial charge in [-0.1, -0.05) is 48.5 Å². The second-order valence-corrected chi connectivity index (χ2v) is 7.65. The Morgan fingerprint density at radius 2 is 1.73 bits per heavy atom. The number of rotatable bonds is 6. The summed E-state index contributed by atoms with van der Waals surface area (Å²) in [5.41, 5.74) is 3.47. The van der Waals surface area contributed by atoms with Crippen LogP contribution in [0.25, 0.3) is 0 Å². The van der Waals surface area contributed by atoms with E-state index >= 15 is 0 Å². The van der Waals surface area contributed by atoms with E-state index in [1.54, 1.807) is 19.1 Å². The Labute approximate surface area is 152 Å². The Balaban J connectivity index is 2.06. The second kappa shape index (κ2) is 6.89. The highest BCUT2D eigenvalue weighted by molar-refractivity contribution is 7.86. The zero-order valence-electron chi connectivity index (χ0n) is 14.1. The van der Waals surface area contributed by atoms with Crippen LogP contribution in [-0.2, 0) is 20.5 Å². The molecule has 0 bridgehead atoms. The number of aldehydes is 1. The van der Waals surface area contributed by atoms with Gasteiger partial charge in [-0.2, -0.15) is 8.42 Å². The van der Waals surface area contributed by atoms with Crippen molar-refractivity contribution in [2.24, 2.45) is 4.99 Å². The molecule has 2 aromatic carbocycles. The summed E-state index contributed by atoms with van der Waals surface area (Å²) in [5, 5.41) is 1.41. The lowest BCUT2D eigenvalue weighted by atomic mass is 9.86. The number of anilines is 1. The van der Waals surface area contributed by atoms with Crippen LogP contribution >= 0.6 is 0 Å². The fourth-order valence-corrected chi connectivity index (χ4v) is 3.59. The van der Waals surface area contributed by atoms with Crippen molar-refractivity contribution >= 4 is 27.9 Å². The van der Waals surface area contributed by atoms with E-state index in [0.29, 0.717) is 5.69 Å². The Morgan fingerprint density at radius 1 is 1.15 bits per heavy atom. The number of nitrogens with one attached hydrogen (secondary N) is 1. The van der Waals surface area contributed by atoms with E-state index < -0.39 is 27.5 Å². The fourth-order valence-electron chi connectivity index (χ4n) is 3.06. The minimum Gasteiger partial charge on any atom is -0.301 e. The maximum absolute atomic E-state index is 11.9. The number of carbonyl (C=O) groups is 1. The van der Waals surface area contributed by atoms with Crippen LogP contribution in [0.3, 0.4) is 0 Å². The Kier molecular flexibility index (Phi) is 4.80. The lowest BCUT2D eigenvalue weighted by Crippen LogP contribution is -2.49. The molecule has 1 heterocycles. The van der Waals surface area contributed by atoms with E-state index in [2.05, 4.69) is 10.4 Å². The van der Waals surface area contributed by atoms with Crippen LogP contribution in [0.5, 0.6) is 0 Å². The molecule has 0 spiro atoms. The van der Waals surface area contributed by atoms with Crippen molar-refractivity contribution in [3.8, 4) is 0 Å². The Hall–Kier alpha value is -2.71. The van der Waals surface area contributed by atoms with Gasteiger partial charge in [0.1, 0.15) is 29.5 Å². The van der Waals surface area contributed by atoms with Gasteiger partial charge in [-0.05, 0) is 24.6 Å². The van der Waals surface area contributed by atoms with Gasteiger partial charge in [-0.15, -0.1) is 0 Å². The number of nitrogens with zero attached hydrogens (tertiary/aromatic N) is 2. The van der Waals surface area contributed by atoms with Crippen molar-refractivity contribution in [2.45, 2.75) is 18.5 Å². The third-order valence-corrected chi connectivity index (χ3v) is 4.94. The number of carbonyl (C=O) groups excluding carboxylic acids is 1. The quantitative estimate of drug-likeness (QED) is 0.594. The summed E-state index contributed by atoms with van der Waals surface area (Å²) in [5.74, 6) is -0.626. The normalized spacial score (nSPS) is 22.8. The van der Waals surface area contributed by atoms with Gasteiger partial charge < -0.3 is 4.79 Å². The zero-order valence-corrected chi connectivity index (χ0v) is 14.9. The number of para-hydroxylation sites is 1. The first-order chi connectivity index (χ1) is 12.3. The van der Waals surface area contributed by atoms with Crippen LogP contribution in [0.4, 0.5) is 5.69 Å². The molecule has 0 aromatic heterocycles. The molecule has 2 N–H and O–H groups in total. The van der Waals surface area contributed by atoms with Crippen LogP contribution in [-0.4, -0.2) is 41.9 Å². The molecular weight excluding hydrogens is 354 g/mol. The molecule has 136 valence electrons. The number of amidine groups is 1. The van der Waals surface area contributed by atoms with Crippen molar-refractivity contribution in [3.63, 3.8) is 0 Å². The van der Waals surface area contributed by atoms with Gasteiger partial charge in [-0.3, -0.25) is 20.0 Å². The van der Waals surface area contributed by atoms with Gasteiger partial charge in [0, 0.05) is 0 Å². The molecular formula is C18H19N3O4S. The summed E-state index contributed by atoms with van der Waals surface area (Å²) < 4.78 is 32.2. The predicted octanol–water partition coefficient (Wildman–Crippen LogP) is 2.10. The topological polar surface area (TPSA) is 99.1 Å². The average Bonchev–Trinajstić information content (AvgIpc) is 2.87. The van der Waals surface area contributed by atoms with E-state index in [1.165, 1.54) is 5.01 Å². The second-order valence-electron chi connectivity index (χ2n) is 6.20. The SMILES string of the molecule is C[C@@]1(c2ccccc2)N=C(CS(=O)(=O)O)N(Nc2ccccc2)C1C=O. The first-order valence-electron chi connectivity index (χ1n) is 7.99. The van der Waals surface area contributed by atoms with Gasteiger partial charge in [-0.25, -0.2) is 0 Å². The van der Waals surface area contributed by atoms with Gasteiger partial charge >= 0.3 is 0 Å². The van der Waals surface area contributed by atoms with Crippen LogP contribution in [0, 0.1) is 0 Å². The third kappa shape index (κ3) is 3.61. The number of hydrogen-bond donors (Lipinski definition) is 2. The number of hydrazine groups is 1. The Bertz CT molecular complexity index is 916. The molecule has 2 atom stereocenters. The molecule has 2 aromatic rings. The van der Waals surface area contributed by atoms with Crippen molar-refractivity contribution < 1.29 is 17.8 Å². The first kappa shape index (κ1) is 18.1. The molecule has 26 heavy (non-hydrogen) atoms. The molecule has 1 aliphatic rings. The van der Waals surface area contributed by atoms with Gasteiger partial charge in [0.05, 0.1) is 5.69 Å². The average molecular weight is 373 g/mol. The van der Waals surface area contributed by atoms with Crippen LogP contribution in [0.2, 0.25) is 0 Å². The minimum absolute atomic E-state index is 0.0693. The fraction of sp³-hybridized carbons (Fsp3) is 0.222. The summed E-state index contributed by atoms with van der Waals surface area (Å²) in [6, 6.07) is 17.4. The van der Waals surface area contributed by atoms with Gasteiger partial charge in [0.25, 0.3) is 10.1 Å². The highest BCUT2D eigenvalue weighted by Gasteiger charge is 2.47. The molecule has 0 amide bonds. The maximum atomic E-state index is 11.9. The molecule has 1 unspecified atom stereocenters. The summed E-state index contributed by atoms with van der Waals surface area (Å²) in [4.78, 5) is 16.5. The van der Waals surface area contributed by atoms with Crippen LogP contribution < -0.4 is 5.43 Å². The molecule has 1 aliphatic heterocycles. The summed E-state index contributed by atoms with van der Waals surface area (Å²) in [6.07, 6.45) is 0.726. The molecule has 8 heteroatoms. The largest absolute Gasteiger partial charge is 0.301 e. The predicted molar refractivity (Wildman–Crippen MR) is 99.4 cm³/mol. The van der Waals surface area contributed by atoms with E-state index in [4.69, 9.17) is 0 Å². The lowest BCUT2D eigenvalue weighted by Gasteiger charge is -2.32. The molecule has 0 saturated carbocycles. The Morgan fingerprint density at radius 3 is 2.27 bits per heavy atom. The zero-order chi connectivity index (χ0) is 18.8. The molecule has 7 nitrogen and oxygen atoms in total. The molecule has 0 aliphatic carbocycles. The molecule has 0 fully saturated rings. The lowest BCUT2D eigenvalue weighted by molar-refractivity contribution is -0.112. The minimum atomic E-state index is -4.33. The smallest absolute Gasteiger partial charge is 0.272 e. The maximum Gasteiger partial charge on any atom is 0.272 e. The summed E-state index contributed by atoms with van der Waals surface area (Å²) in [6.45, 7) is 1.76. The van der Waals surface area contributed by atoms with Gasteiger partial charge in [0.15, 0.2) is 0 Å². The molecule has 3 rings (SSSR count). The van der Waals surface area contributed by atoms with Gasteiger partial charge in [0.2, 0.25) is 0 Å². The number of benzene rings is 2.